The van der Waals surface area contributed by atoms with E-state index in [0.29, 0.717) is 32.8 Å². The van der Waals surface area contributed by atoms with Gasteiger partial charge in [-0.3, -0.25) is 9.48 Å². The van der Waals surface area contributed by atoms with E-state index in [0.717, 1.165) is 5.69 Å². The Morgan fingerprint density at radius 3 is 2.38 bits per heavy atom. The second kappa shape index (κ2) is 5.89. The van der Waals surface area contributed by atoms with Crippen molar-refractivity contribution in [3.05, 3.63) is 39.1 Å². The molecular formula is C15H17BrN2O3. The van der Waals surface area contributed by atoms with E-state index in [1.165, 1.54) is 7.11 Å². The number of aryl methyl sites for hydroxylation is 2. The average Bonchev–Trinajstić information content (AvgIpc) is 2.71. The SMILES string of the molecule is COc1ccc(C(=O)c2c(C)nn(C)c2C)c(OC)c1Br. The van der Waals surface area contributed by atoms with Gasteiger partial charge in [0.05, 0.1) is 31.0 Å². The summed E-state index contributed by atoms with van der Waals surface area (Å²) >= 11 is 3.41. The van der Waals surface area contributed by atoms with Crippen LogP contribution in [0.25, 0.3) is 0 Å². The van der Waals surface area contributed by atoms with Gasteiger partial charge in [0.25, 0.3) is 0 Å². The number of benzene rings is 1. The predicted octanol–water partition coefficient (Wildman–Crippen LogP) is 3.05. The number of ketones is 1. The summed E-state index contributed by atoms with van der Waals surface area (Å²) in [6, 6.07) is 3.44. The average molecular weight is 353 g/mol. The maximum atomic E-state index is 12.8. The molecule has 0 saturated carbocycles. The number of methoxy groups -OCH3 is 2. The van der Waals surface area contributed by atoms with Crippen molar-refractivity contribution in [3.8, 4) is 11.5 Å². The summed E-state index contributed by atoms with van der Waals surface area (Å²) in [6.07, 6.45) is 0. The van der Waals surface area contributed by atoms with E-state index in [-0.39, 0.29) is 5.78 Å². The maximum absolute atomic E-state index is 12.8. The van der Waals surface area contributed by atoms with Crippen molar-refractivity contribution in [1.82, 2.24) is 9.78 Å². The van der Waals surface area contributed by atoms with Crippen LogP contribution in [-0.4, -0.2) is 29.8 Å². The van der Waals surface area contributed by atoms with Crippen LogP contribution in [0.4, 0.5) is 0 Å². The summed E-state index contributed by atoms with van der Waals surface area (Å²) in [5, 5.41) is 4.29. The zero-order chi connectivity index (χ0) is 15.7. The van der Waals surface area contributed by atoms with Crippen LogP contribution in [0.5, 0.6) is 11.5 Å². The van der Waals surface area contributed by atoms with E-state index in [1.54, 1.807) is 23.9 Å². The topological polar surface area (TPSA) is 53.3 Å². The first kappa shape index (κ1) is 15.6. The van der Waals surface area contributed by atoms with Crippen molar-refractivity contribution >= 4 is 21.7 Å². The van der Waals surface area contributed by atoms with Crippen LogP contribution in [0.2, 0.25) is 0 Å². The van der Waals surface area contributed by atoms with Crippen molar-refractivity contribution in [2.45, 2.75) is 13.8 Å². The number of halogens is 1. The number of nitrogens with zero attached hydrogens (tertiary/aromatic N) is 2. The molecule has 0 N–H and O–H groups in total. The Hall–Kier alpha value is -1.82. The number of ether oxygens (including phenoxy) is 2. The highest BCUT2D eigenvalue weighted by Crippen LogP contribution is 2.38. The number of rotatable bonds is 4. The minimum absolute atomic E-state index is 0.113. The third-order valence-electron chi connectivity index (χ3n) is 3.47. The number of carbonyl (C=O) groups excluding carboxylic acids is 1. The normalized spacial score (nSPS) is 10.6. The summed E-state index contributed by atoms with van der Waals surface area (Å²) in [5.74, 6) is 0.961. The van der Waals surface area contributed by atoms with Crippen LogP contribution < -0.4 is 9.47 Å². The standard InChI is InChI=1S/C15H17BrN2O3/c1-8-12(9(2)18(3)17-8)14(19)10-6-7-11(20-4)13(16)15(10)21-5/h6-7H,1-5H3. The lowest BCUT2D eigenvalue weighted by atomic mass is 10.0. The largest absolute Gasteiger partial charge is 0.495 e. The molecule has 0 unspecified atom stereocenters. The molecule has 1 aromatic carbocycles. The van der Waals surface area contributed by atoms with Gasteiger partial charge in [-0.05, 0) is 41.9 Å². The Bertz CT molecular complexity index is 707. The van der Waals surface area contributed by atoms with Crippen molar-refractivity contribution in [2.75, 3.05) is 14.2 Å². The summed E-state index contributed by atoms with van der Waals surface area (Å²) in [5.41, 5.74) is 2.61. The van der Waals surface area contributed by atoms with Crippen molar-refractivity contribution in [3.63, 3.8) is 0 Å². The fourth-order valence-electron chi connectivity index (χ4n) is 2.31. The third kappa shape index (κ3) is 2.55. The minimum Gasteiger partial charge on any atom is -0.495 e. The van der Waals surface area contributed by atoms with E-state index >= 15 is 0 Å². The molecule has 0 aliphatic heterocycles. The number of carbonyl (C=O) groups is 1. The fourth-order valence-corrected chi connectivity index (χ4v) is 2.98. The smallest absolute Gasteiger partial charge is 0.200 e. The van der Waals surface area contributed by atoms with Crippen LogP contribution in [0.1, 0.15) is 27.3 Å². The summed E-state index contributed by atoms with van der Waals surface area (Å²) in [6.45, 7) is 3.70. The van der Waals surface area contributed by atoms with Crippen LogP contribution in [0.3, 0.4) is 0 Å². The molecule has 21 heavy (non-hydrogen) atoms. The molecule has 1 heterocycles. The van der Waals surface area contributed by atoms with E-state index in [4.69, 9.17) is 9.47 Å². The quantitative estimate of drug-likeness (QED) is 0.793. The van der Waals surface area contributed by atoms with E-state index in [2.05, 4.69) is 21.0 Å². The van der Waals surface area contributed by atoms with Gasteiger partial charge < -0.3 is 9.47 Å². The molecule has 0 fully saturated rings. The fraction of sp³-hybridized carbons (Fsp3) is 0.333. The zero-order valence-electron chi connectivity index (χ0n) is 12.7. The molecule has 0 amide bonds. The second-order valence-electron chi connectivity index (χ2n) is 4.66. The Labute approximate surface area is 132 Å². The molecule has 112 valence electrons. The van der Waals surface area contributed by atoms with Gasteiger partial charge >= 0.3 is 0 Å². The molecule has 0 atom stereocenters. The van der Waals surface area contributed by atoms with Gasteiger partial charge in [0.2, 0.25) is 5.78 Å². The van der Waals surface area contributed by atoms with Crippen LogP contribution >= 0.6 is 15.9 Å². The Kier molecular flexibility index (Phi) is 4.37. The molecule has 1 aromatic heterocycles. The summed E-state index contributed by atoms with van der Waals surface area (Å²) in [4.78, 5) is 12.8. The molecule has 0 aliphatic rings. The van der Waals surface area contributed by atoms with Crippen molar-refractivity contribution in [2.24, 2.45) is 7.05 Å². The molecule has 0 radical (unpaired) electrons. The highest BCUT2D eigenvalue weighted by atomic mass is 79.9. The van der Waals surface area contributed by atoms with Crippen LogP contribution in [0, 0.1) is 13.8 Å². The first-order chi connectivity index (χ1) is 9.92. The molecule has 0 aliphatic carbocycles. The Balaban J connectivity index is 2.61. The van der Waals surface area contributed by atoms with Gasteiger partial charge in [-0.1, -0.05) is 0 Å². The Morgan fingerprint density at radius 1 is 1.24 bits per heavy atom. The van der Waals surface area contributed by atoms with Gasteiger partial charge in [-0.15, -0.1) is 0 Å². The second-order valence-corrected chi connectivity index (χ2v) is 5.45. The number of hydrogen-bond acceptors (Lipinski definition) is 4. The summed E-state index contributed by atoms with van der Waals surface area (Å²) < 4.78 is 12.9. The van der Waals surface area contributed by atoms with Gasteiger partial charge in [0, 0.05) is 12.7 Å². The molecule has 2 aromatic rings. The van der Waals surface area contributed by atoms with Gasteiger partial charge in [0.15, 0.2) is 0 Å². The first-order valence-electron chi connectivity index (χ1n) is 6.37. The monoisotopic (exact) mass is 352 g/mol. The Morgan fingerprint density at radius 2 is 1.90 bits per heavy atom. The maximum Gasteiger partial charge on any atom is 0.200 e. The van der Waals surface area contributed by atoms with Crippen molar-refractivity contribution in [1.29, 1.82) is 0 Å². The van der Waals surface area contributed by atoms with Gasteiger partial charge in [-0.25, -0.2) is 0 Å². The lowest BCUT2D eigenvalue weighted by Crippen LogP contribution is -2.07. The number of hydrogen-bond donors (Lipinski definition) is 0. The molecule has 0 spiro atoms. The lowest BCUT2D eigenvalue weighted by Gasteiger charge is -2.12. The molecule has 5 nitrogen and oxygen atoms in total. The van der Waals surface area contributed by atoms with E-state index in [9.17, 15) is 4.79 Å². The third-order valence-corrected chi connectivity index (χ3v) is 4.22. The highest BCUT2D eigenvalue weighted by molar-refractivity contribution is 9.10. The molecule has 0 bridgehead atoms. The van der Waals surface area contributed by atoms with Crippen molar-refractivity contribution < 1.29 is 14.3 Å². The molecular weight excluding hydrogens is 336 g/mol. The van der Waals surface area contributed by atoms with Gasteiger partial charge in [-0.2, -0.15) is 5.10 Å². The molecule has 0 saturated heterocycles. The zero-order valence-corrected chi connectivity index (χ0v) is 14.2. The molecule has 6 heteroatoms. The van der Waals surface area contributed by atoms with E-state index in [1.807, 2.05) is 20.9 Å². The van der Waals surface area contributed by atoms with E-state index < -0.39 is 0 Å². The minimum atomic E-state index is -0.113. The first-order valence-corrected chi connectivity index (χ1v) is 7.17. The van der Waals surface area contributed by atoms with Crippen LogP contribution in [-0.2, 0) is 7.05 Å². The van der Waals surface area contributed by atoms with Crippen LogP contribution in [0.15, 0.2) is 16.6 Å². The highest BCUT2D eigenvalue weighted by Gasteiger charge is 2.24. The number of aromatic nitrogens is 2. The molecule has 2 rings (SSSR count). The lowest BCUT2D eigenvalue weighted by molar-refractivity contribution is 0.103. The van der Waals surface area contributed by atoms with Gasteiger partial charge in [0.1, 0.15) is 16.0 Å². The summed E-state index contributed by atoms with van der Waals surface area (Å²) in [7, 11) is 4.91. The predicted molar refractivity (Wildman–Crippen MR) is 83.4 cm³/mol.